The van der Waals surface area contributed by atoms with Crippen molar-refractivity contribution in [3.05, 3.63) is 47.1 Å². The van der Waals surface area contributed by atoms with Crippen LogP contribution in [0.1, 0.15) is 0 Å². The second-order valence-electron chi connectivity index (χ2n) is 2.62. The summed E-state index contributed by atoms with van der Waals surface area (Å²) in [5.41, 5.74) is 1.98. The molecule has 0 N–H and O–H groups in total. The second-order valence-corrected chi connectivity index (χ2v) is 3.53. The Morgan fingerprint density at radius 1 is 1.00 bits per heavy atom. The summed E-state index contributed by atoms with van der Waals surface area (Å²) in [5.74, 6) is 0. The molecule has 3 heteroatoms. The minimum Gasteiger partial charge on any atom is -0.159 e. The zero-order chi connectivity index (χ0) is 9.10. The number of halogens is 1. The number of hydrogen-bond donors (Lipinski definition) is 0. The number of nitrogens with zero attached hydrogens (tertiary/aromatic N) is 2. The molecule has 2 nitrogen and oxygen atoms in total. The predicted octanol–water partition coefficient (Wildman–Crippen LogP) is 2.91. The fourth-order valence-electron chi connectivity index (χ4n) is 1.08. The van der Waals surface area contributed by atoms with Gasteiger partial charge in [-0.25, -0.2) is 0 Å². The average Bonchev–Trinajstić information content (AvgIpc) is 2.20. The number of benzene rings is 1. The van der Waals surface area contributed by atoms with E-state index in [9.17, 15) is 0 Å². The molecular weight excluding hydrogens is 228 g/mol. The average molecular weight is 235 g/mol. The summed E-state index contributed by atoms with van der Waals surface area (Å²) in [6.07, 6.45) is 1.67. The first kappa shape index (κ1) is 8.38. The molecule has 2 aromatic rings. The molecule has 0 amide bonds. The lowest BCUT2D eigenvalue weighted by molar-refractivity contribution is 1.04. The SMILES string of the molecule is Brc1ccc(-c2cccnn2)cc1. The summed E-state index contributed by atoms with van der Waals surface area (Å²) in [4.78, 5) is 0. The van der Waals surface area contributed by atoms with E-state index in [-0.39, 0.29) is 0 Å². The molecular formula is C10H7BrN2. The molecule has 0 bridgehead atoms. The monoisotopic (exact) mass is 234 g/mol. The highest BCUT2D eigenvalue weighted by atomic mass is 79.9. The van der Waals surface area contributed by atoms with Crippen molar-refractivity contribution in [1.82, 2.24) is 10.2 Å². The van der Waals surface area contributed by atoms with Crippen molar-refractivity contribution >= 4 is 15.9 Å². The van der Waals surface area contributed by atoms with Gasteiger partial charge in [0.25, 0.3) is 0 Å². The first-order valence-electron chi connectivity index (χ1n) is 3.90. The van der Waals surface area contributed by atoms with Crippen molar-refractivity contribution < 1.29 is 0 Å². The molecule has 0 saturated heterocycles. The molecule has 0 unspecified atom stereocenters. The third-order valence-electron chi connectivity index (χ3n) is 1.71. The fraction of sp³-hybridized carbons (Fsp3) is 0. The van der Waals surface area contributed by atoms with E-state index in [0.29, 0.717) is 0 Å². The number of hydrogen-bond acceptors (Lipinski definition) is 2. The Balaban J connectivity index is 2.42. The van der Waals surface area contributed by atoms with Crippen molar-refractivity contribution in [3.63, 3.8) is 0 Å². The molecule has 13 heavy (non-hydrogen) atoms. The van der Waals surface area contributed by atoms with E-state index in [2.05, 4.69) is 26.1 Å². The largest absolute Gasteiger partial charge is 0.159 e. The molecule has 0 aliphatic rings. The molecule has 64 valence electrons. The van der Waals surface area contributed by atoms with Crippen LogP contribution in [0, 0.1) is 0 Å². The maximum Gasteiger partial charge on any atom is 0.0929 e. The molecule has 0 fully saturated rings. The highest BCUT2D eigenvalue weighted by Crippen LogP contribution is 2.18. The van der Waals surface area contributed by atoms with Gasteiger partial charge in [-0.2, -0.15) is 10.2 Å². The first-order chi connectivity index (χ1) is 6.36. The van der Waals surface area contributed by atoms with Crippen LogP contribution in [0.4, 0.5) is 0 Å². The van der Waals surface area contributed by atoms with Gasteiger partial charge in [0.15, 0.2) is 0 Å². The third kappa shape index (κ3) is 1.92. The van der Waals surface area contributed by atoms with Crippen LogP contribution in [0.15, 0.2) is 47.1 Å². The van der Waals surface area contributed by atoms with Crippen LogP contribution in [0.5, 0.6) is 0 Å². The molecule has 1 aromatic heterocycles. The van der Waals surface area contributed by atoms with Crippen molar-refractivity contribution in [2.75, 3.05) is 0 Å². The lowest BCUT2D eigenvalue weighted by Gasteiger charge is -1.98. The first-order valence-corrected chi connectivity index (χ1v) is 4.69. The standard InChI is InChI=1S/C10H7BrN2/c11-9-5-3-8(4-6-9)10-2-1-7-12-13-10/h1-7H. The Morgan fingerprint density at radius 2 is 1.77 bits per heavy atom. The van der Waals surface area contributed by atoms with Gasteiger partial charge in [0.2, 0.25) is 0 Å². The van der Waals surface area contributed by atoms with E-state index in [1.165, 1.54) is 0 Å². The second kappa shape index (κ2) is 3.66. The van der Waals surface area contributed by atoms with Gasteiger partial charge >= 0.3 is 0 Å². The topological polar surface area (TPSA) is 25.8 Å². The molecule has 0 spiro atoms. The molecule has 1 heterocycles. The normalized spacial score (nSPS) is 9.92. The Labute approximate surface area is 84.8 Å². The summed E-state index contributed by atoms with van der Waals surface area (Å²) in [6, 6.07) is 11.8. The maximum atomic E-state index is 4.01. The molecule has 0 saturated carbocycles. The molecule has 0 aliphatic carbocycles. The summed E-state index contributed by atoms with van der Waals surface area (Å²) in [7, 11) is 0. The minimum atomic E-state index is 0.898. The van der Waals surface area contributed by atoms with Crippen molar-refractivity contribution in [2.24, 2.45) is 0 Å². The Morgan fingerprint density at radius 3 is 2.38 bits per heavy atom. The van der Waals surface area contributed by atoms with E-state index in [1.54, 1.807) is 6.20 Å². The summed E-state index contributed by atoms with van der Waals surface area (Å²) >= 11 is 3.38. The van der Waals surface area contributed by atoms with Crippen LogP contribution in [0.3, 0.4) is 0 Å². The van der Waals surface area contributed by atoms with Crippen LogP contribution < -0.4 is 0 Å². The maximum absolute atomic E-state index is 4.01. The zero-order valence-corrected chi connectivity index (χ0v) is 8.40. The van der Waals surface area contributed by atoms with Gasteiger partial charge < -0.3 is 0 Å². The molecule has 0 radical (unpaired) electrons. The van der Waals surface area contributed by atoms with E-state index >= 15 is 0 Å². The number of aromatic nitrogens is 2. The van der Waals surface area contributed by atoms with E-state index in [4.69, 9.17) is 0 Å². The van der Waals surface area contributed by atoms with E-state index in [1.807, 2.05) is 36.4 Å². The van der Waals surface area contributed by atoms with E-state index in [0.717, 1.165) is 15.7 Å². The van der Waals surface area contributed by atoms with Crippen molar-refractivity contribution in [2.45, 2.75) is 0 Å². The van der Waals surface area contributed by atoms with Crippen LogP contribution >= 0.6 is 15.9 Å². The van der Waals surface area contributed by atoms with Gasteiger partial charge in [0.05, 0.1) is 5.69 Å². The van der Waals surface area contributed by atoms with E-state index < -0.39 is 0 Å². The quantitative estimate of drug-likeness (QED) is 0.759. The lowest BCUT2D eigenvalue weighted by atomic mass is 10.1. The van der Waals surface area contributed by atoms with Crippen LogP contribution in [0.2, 0.25) is 0 Å². The lowest BCUT2D eigenvalue weighted by Crippen LogP contribution is -1.84. The Kier molecular flexibility index (Phi) is 2.36. The van der Waals surface area contributed by atoms with Crippen LogP contribution in [0.25, 0.3) is 11.3 Å². The molecule has 0 atom stereocenters. The summed E-state index contributed by atoms with van der Waals surface area (Å²) in [5, 5.41) is 7.84. The fourth-order valence-corrected chi connectivity index (χ4v) is 1.34. The van der Waals surface area contributed by atoms with Gasteiger partial charge in [-0.3, -0.25) is 0 Å². The minimum absolute atomic E-state index is 0.898. The van der Waals surface area contributed by atoms with Gasteiger partial charge in [-0.1, -0.05) is 28.1 Å². The summed E-state index contributed by atoms with van der Waals surface area (Å²) in [6.45, 7) is 0. The smallest absolute Gasteiger partial charge is 0.0929 e. The summed E-state index contributed by atoms with van der Waals surface area (Å²) < 4.78 is 1.07. The number of rotatable bonds is 1. The van der Waals surface area contributed by atoms with Gasteiger partial charge in [0, 0.05) is 16.2 Å². The zero-order valence-electron chi connectivity index (χ0n) is 6.81. The van der Waals surface area contributed by atoms with Gasteiger partial charge in [0.1, 0.15) is 0 Å². The highest BCUT2D eigenvalue weighted by Gasteiger charge is 1.96. The molecule has 2 rings (SSSR count). The van der Waals surface area contributed by atoms with Crippen molar-refractivity contribution in [1.29, 1.82) is 0 Å². The Hall–Kier alpha value is -1.22. The highest BCUT2D eigenvalue weighted by molar-refractivity contribution is 9.10. The predicted molar refractivity (Wildman–Crippen MR) is 55.2 cm³/mol. The van der Waals surface area contributed by atoms with Gasteiger partial charge in [-0.05, 0) is 24.3 Å². The van der Waals surface area contributed by atoms with Crippen molar-refractivity contribution in [3.8, 4) is 11.3 Å². The Bertz CT molecular complexity index is 383. The van der Waals surface area contributed by atoms with Crippen LogP contribution in [-0.4, -0.2) is 10.2 Å². The third-order valence-corrected chi connectivity index (χ3v) is 2.24. The van der Waals surface area contributed by atoms with Gasteiger partial charge in [-0.15, -0.1) is 0 Å². The van der Waals surface area contributed by atoms with Crippen LogP contribution in [-0.2, 0) is 0 Å². The molecule has 0 aliphatic heterocycles. The molecule has 1 aromatic carbocycles.